The molecular formula is C33H38N7O10S2+. The van der Waals surface area contributed by atoms with Crippen LogP contribution in [-0.2, 0) is 37.6 Å². The highest BCUT2D eigenvalue weighted by Crippen LogP contribution is 2.45. The first-order chi connectivity index (χ1) is 24.4. The lowest BCUT2D eigenvalue weighted by Crippen LogP contribution is -2.71. The number of thioether (sulfide) groups is 1. The molecule has 0 unspecified atom stereocenters. The molecule has 5 heterocycles. The quantitative estimate of drug-likeness (QED) is 0.0535. The van der Waals surface area contributed by atoms with Crippen molar-refractivity contribution < 1.29 is 48.9 Å². The molecule has 3 atom stereocenters. The van der Waals surface area contributed by atoms with Gasteiger partial charge in [-0.3, -0.25) is 19.3 Å². The largest absolute Gasteiger partial charge is 0.504 e. The number of carboxylic acids is 2. The van der Waals surface area contributed by atoms with Crippen LogP contribution in [0, 0.1) is 0 Å². The molecule has 1 aromatic carbocycles. The number of nitrogens with two attached hydrogens (primary N) is 1. The third-order valence-electron chi connectivity index (χ3n) is 9.66. The molecule has 3 aromatic rings. The lowest BCUT2D eigenvalue weighted by atomic mass is 9.99. The molecule has 6 rings (SSSR count). The highest BCUT2D eigenvalue weighted by Gasteiger charge is 2.57. The van der Waals surface area contributed by atoms with E-state index in [1.54, 1.807) is 17.8 Å². The van der Waals surface area contributed by atoms with E-state index < -0.39 is 57.5 Å². The summed E-state index contributed by atoms with van der Waals surface area (Å²) in [6, 6.07) is 1.43. The second kappa shape index (κ2) is 13.4. The predicted molar refractivity (Wildman–Crippen MR) is 190 cm³/mol. The molecule has 2 aromatic heterocycles. The van der Waals surface area contributed by atoms with Gasteiger partial charge in [0.2, 0.25) is 5.60 Å². The molecule has 0 spiro atoms. The van der Waals surface area contributed by atoms with Gasteiger partial charge in [0, 0.05) is 48.4 Å². The van der Waals surface area contributed by atoms with Gasteiger partial charge in [-0.15, -0.1) is 23.1 Å². The van der Waals surface area contributed by atoms with Crippen LogP contribution in [0.3, 0.4) is 0 Å². The summed E-state index contributed by atoms with van der Waals surface area (Å²) in [5, 5.41) is 47.0. The topological polar surface area (TPSA) is 247 Å². The normalized spacial score (nSPS) is 21.5. The Morgan fingerprint density at radius 2 is 1.81 bits per heavy atom. The molecule has 2 amide bonds. The number of anilines is 1. The molecule has 2 fully saturated rings. The minimum absolute atomic E-state index is 0.00119. The van der Waals surface area contributed by atoms with Crippen LogP contribution in [0.2, 0.25) is 0 Å². The standard InChI is InChI=1S/C33H37N7O10S2/c1-15-18(13-40(7-5-6-8-40)12-16-11-38(4)20-10-22(42)21(41)9-17(20)26(16)43)25(30(46)47)39-28(45)24(29(39)52-15)36-27(44)23(19-14-51-32(34)35-19)37-50-33(2,3)31(48)49/h9-11,14-15,24,29H,5-8,12-13H2,1-4H3,(H6-,34,35,36,37,41,42,43,44,46,47,48,49)/p+1/t15-,24+,29+/m0/s1. The van der Waals surface area contributed by atoms with Crippen molar-refractivity contribution in [2.45, 2.75) is 62.4 Å². The number of nitrogens with one attached hydrogen (secondary N) is 1. The van der Waals surface area contributed by atoms with Crippen LogP contribution in [0.25, 0.3) is 10.9 Å². The van der Waals surface area contributed by atoms with Crippen LogP contribution in [0.5, 0.6) is 11.5 Å². The van der Waals surface area contributed by atoms with Gasteiger partial charge in [-0.25, -0.2) is 14.6 Å². The SMILES string of the molecule is C[C@@H]1S[C@@H]2[C@H](NC(=O)C(=NOC(C)(C)C(=O)O)c3csc(N)n3)C(=O)N2C(C(=O)O)=C1C[N+]1(Cc2cn(C)c3cc(O)c(O)cc3c2=O)CCCC1. The van der Waals surface area contributed by atoms with Crippen molar-refractivity contribution in [3.8, 4) is 11.5 Å². The number of β-lactam (4-membered cyclic amide) rings is 1. The number of hydrogen-bond donors (Lipinski definition) is 6. The fourth-order valence-corrected chi connectivity index (χ4v) is 8.84. The van der Waals surface area contributed by atoms with E-state index in [0.29, 0.717) is 34.2 Å². The minimum atomic E-state index is -1.80. The number of quaternary nitrogens is 1. The second-order valence-electron chi connectivity index (χ2n) is 13.7. The summed E-state index contributed by atoms with van der Waals surface area (Å²) in [7, 11) is 1.73. The molecule has 0 radical (unpaired) electrons. The van der Waals surface area contributed by atoms with Crippen molar-refractivity contribution in [1.29, 1.82) is 0 Å². The first-order valence-corrected chi connectivity index (χ1v) is 18.1. The summed E-state index contributed by atoms with van der Waals surface area (Å²) < 4.78 is 2.08. The van der Waals surface area contributed by atoms with Crippen LogP contribution in [0.15, 0.2) is 44.9 Å². The molecule has 0 bridgehead atoms. The molecule has 0 saturated carbocycles. The van der Waals surface area contributed by atoms with Crippen molar-refractivity contribution in [3.63, 3.8) is 0 Å². The molecular weight excluding hydrogens is 719 g/mol. The van der Waals surface area contributed by atoms with Crippen LogP contribution >= 0.6 is 23.1 Å². The number of carbonyl (C=O) groups is 4. The Morgan fingerprint density at radius 1 is 1.13 bits per heavy atom. The lowest BCUT2D eigenvalue weighted by molar-refractivity contribution is -0.925. The third-order valence-corrected chi connectivity index (χ3v) is 11.8. The van der Waals surface area contributed by atoms with Crippen molar-refractivity contribution in [2.75, 3.05) is 25.4 Å². The van der Waals surface area contributed by atoms with E-state index in [4.69, 9.17) is 10.6 Å². The summed E-state index contributed by atoms with van der Waals surface area (Å²) in [5.74, 6) is -4.95. The average Bonchev–Trinajstić information content (AvgIpc) is 3.72. The van der Waals surface area contributed by atoms with Crippen molar-refractivity contribution in [1.82, 2.24) is 19.8 Å². The number of oxime groups is 1. The number of carbonyl (C=O) groups excluding carboxylic acids is 2. The predicted octanol–water partition coefficient (Wildman–Crippen LogP) is 1.51. The summed E-state index contributed by atoms with van der Waals surface area (Å²) in [5.41, 5.74) is 4.50. The number of carboxylic acid groups (broad SMARTS) is 2. The minimum Gasteiger partial charge on any atom is -0.504 e. The number of phenolic OH excluding ortho intramolecular Hbond substituents is 2. The van der Waals surface area contributed by atoms with Gasteiger partial charge in [0.15, 0.2) is 27.8 Å². The number of aryl methyl sites for hydroxylation is 1. The average molecular weight is 757 g/mol. The van der Waals surface area contributed by atoms with E-state index >= 15 is 0 Å². The summed E-state index contributed by atoms with van der Waals surface area (Å²) in [6.45, 7) is 6.17. The fraction of sp³-hybridized carbons (Fsp3) is 0.424. The molecule has 7 N–H and O–H groups in total. The van der Waals surface area contributed by atoms with Gasteiger partial charge in [0.05, 0.1) is 29.6 Å². The number of aliphatic carboxylic acids is 2. The Kier molecular flexibility index (Phi) is 9.47. The number of aromatic hydroxyl groups is 2. The van der Waals surface area contributed by atoms with Crippen LogP contribution in [0.1, 0.15) is 44.9 Å². The molecule has 276 valence electrons. The van der Waals surface area contributed by atoms with Crippen molar-refractivity contribution in [3.05, 3.63) is 56.5 Å². The number of phenols is 2. The van der Waals surface area contributed by atoms with Gasteiger partial charge in [-0.2, -0.15) is 0 Å². The molecule has 19 heteroatoms. The zero-order chi connectivity index (χ0) is 37.9. The van der Waals surface area contributed by atoms with E-state index in [0.717, 1.165) is 24.2 Å². The lowest BCUT2D eigenvalue weighted by Gasteiger charge is -2.51. The number of benzene rings is 1. The van der Waals surface area contributed by atoms with Gasteiger partial charge in [-0.1, -0.05) is 5.16 Å². The number of thiazole rings is 1. The first kappa shape index (κ1) is 36.6. The number of rotatable bonds is 11. The number of nitrogens with zero attached hydrogens (tertiary/aromatic N) is 5. The smallest absolute Gasteiger partial charge is 0.352 e. The number of likely N-dealkylation sites (tertiary alicyclic amines) is 1. The molecule has 3 aliphatic heterocycles. The van der Waals surface area contributed by atoms with Gasteiger partial charge >= 0.3 is 11.9 Å². The maximum Gasteiger partial charge on any atom is 0.352 e. The molecule has 3 aliphatic rings. The maximum atomic E-state index is 13.7. The number of fused-ring (bicyclic) bond motifs is 2. The van der Waals surface area contributed by atoms with Crippen LogP contribution in [-0.4, -0.2) is 111 Å². The Bertz CT molecular complexity index is 2140. The Morgan fingerprint density at radius 3 is 2.42 bits per heavy atom. The number of nitrogen functional groups attached to an aromatic ring is 1. The van der Waals surface area contributed by atoms with Gasteiger partial charge < -0.3 is 45.4 Å². The van der Waals surface area contributed by atoms with Crippen molar-refractivity contribution in [2.24, 2.45) is 12.2 Å². The number of amides is 2. The molecule has 17 nitrogen and oxygen atoms in total. The molecule has 2 saturated heterocycles. The summed E-state index contributed by atoms with van der Waals surface area (Å²) in [6.07, 6.45) is 3.39. The number of aromatic nitrogens is 2. The Balaban J connectivity index is 1.28. The van der Waals surface area contributed by atoms with E-state index in [1.807, 2.05) is 6.92 Å². The van der Waals surface area contributed by atoms with Gasteiger partial charge in [-0.05, 0) is 26.8 Å². The van der Waals surface area contributed by atoms with Gasteiger partial charge in [0.25, 0.3) is 11.8 Å². The second-order valence-corrected chi connectivity index (χ2v) is 16.0. The van der Waals surface area contributed by atoms with Crippen LogP contribution in [0.4, 0.5) is 5.13 Å². The monoisotopic (exact) mass is 756 g/mol. The third kappa shape index (κ3) is 6.54. The zero-order valence-corrected chi connectivity index (χ0v) is 30.3. The number of hydrogen-bond acceptors (Lipinski definition) is 13. The highest BCUT2D eigenvalue weighted by atomic mass is 32.2. The highest BCUT2D eigenvalue weighted by molar-refractivity contribution is 8.00. The van der Waals surface area contributed by atoms with Crippen molar-refractivity contribution >= 4 is 68.6 Å². The summed E-state index contributed by atoms with van der Waals surface area (Å²) in [4.78, 5) is 75.7. The van der Waals surface area contributed by atoms with Gasteiger partial charge in [0.1, 0.15) is 35.9 Å². The first-order valence-electron chi connectivity index (χ1n) is 16.3. The Hall–Kier alpha value is -5.14. The van der Waals surface area contributed by atoms with E-state index in [1.165, 1.54) is 48.0 Å². The Labute approximate surface area is 304 Å². The zero-order valence-electron chi connectivity index (χ0n) is 28.7. The van der Waals surface area contributed by atoms with Crippen LogP contribution < -0.4 is 16.5 Å². The van der Waals surface area contributed by atoms with E-state index in [9.17, 15) is 44.4 Å². The number of pyridine rings is 1. The van der Waals surface area contributed by atoms with E-state index in [-0.39, 0.29) is 46.2 Å². The molecule has 0 aliphatic carbocycles. The van der Waals surface area contributed by atoms with E-state index in [2.05, 4.69) is 15.5 Å². The fourth-order valence-electron chi connectivity index (χ4n) is 6.85. The summed E-state index contributed by atoms with van der Waals surface area (Å²) >= 11 is 2.32. The maximum absolute atomic E-state index is 13.7. The molecule has 52 heavy (non-hydrogen) atoms.